The highest BCUT2D eigenvalue weighted by molar-refractivity contribution is 5.41. The predicted molar refractivity (Wildman–Crippen MR) is 77.6 cm³/mol. The van der Waals surface area contributed by atoms with Gasteiger partial charge in [0.25, 0.3) is 5.69 Å². The third kappa shape index (κ3) is 2.55. The van der Waals surface area contributed by atoms with E-state index < -0.39 is 0 Å². The Morgan fingerprint density at radius 1 is 1.45 bits per heavy atom. The fourth-order valence-electron chi connectivity index (χ4n) is 2.98. The Hall–Kier alpha value is -1.46. The van der Waals surface area contributed by atoms with Gasteiger partial charge in [0.15, 0.2) is 0 Å². The van der Waals surface area contributed by atoms with E-state index in [0.29, 0.717) is 6.04 Å². The lowest BCUT2D eigenvalue weighted by Gasteiger charge is -2.52. The maximum Gasteiger partial charge on any atom is 0.274 e. The second-order valence-corrected chi connectivity index (χ2v) is 6.04. The maximum atomic E-state index is 11.1. The molecule has 3 unspecified atom stereocenters. The molecule has 0 amide bonds. The standard InChI is InChI=1S/C15H22N2O3/c1-10(11-7-5-6-8-12(11)17(18)19)16-13-9-14(20-4)15(13,2)3/h5-8,10,13-14,16H,9H2,1-4H3. The first-order chi connectivity index (χ1) is 9.37. The molecule has 5 heteroatoms. The molecule has 0 heterocycles. The van der Waals surface area contributed by atoms with Crippen LogP contribution in [0.25, 0.3) is 0 Å². The van der Waals surface area contributed by atoms with Gasteiger partial charge in [-0.05, 0) is 13.3 Å². The van der Waals surface area contributed by atoms with Gasteiger partial charge in [-0.15, -0.1) is 0 Å². The number of para-hydroxylation sites is 1. The Labute approximate surface area is 119 Å². The van der Waals surface area contributed by atoms with Gasteiger partial charge in [-0.1, -0.05) is 32.0 Å². The van der Waals surface area contributed by atoms with Crippen molar-refractivity contribution in [1.29, 1.82) is 0 Å². The second-order valence-electron chi connectivity index (χ2n) is 6.04. The summed E-state index contributed by atoms with van der Waals surface area (Å²) in [4.78, 5) is 10.8. The summed E-state index contributed by atoms with van der Waals surface area (Å²) in [5.41, 5.74) is 0.953. The van der Waals surface area contributed by atoms with Gasteiger partial charge in [-0.2, -0.15) is 0 Å². The molecule has 0 aliphatic heterocycles. The van der Waals surface area contributed by atoms with E-state index in [9.17, 15) is 10.1 Å². The monoisotopic (exact) mass is 278 g/mol. The van der Waals surface area contributed by atoms with Crippen LogP contribution in [0.5, 0.6) is 0 Å². The van der Waals surface area contributed by atoms with Crippen LogP contribution in [0.3, 0.4) is 0 Å². The largest absolute Gasteiger partial charge is 0.381 e. The maximum absolute atomic E-state index is 11.1. The van der Waals surface area contributed by atoms with E-state index in [1.165, 1.54) is 0 Å². The van der Waals surface area contributed by atoms with Crippen molar-refractivity contribution in [2.45, 2.75) is 45.4 Å². The molecule has 2 rings (SSSR count). The molecule has 0 saturated heterocycles. The van der Waals surface area contributed by atoms with Crippen LogP contribution < -0.4 is 5.32 Å². The van der Waals surface area contributed by atoms with Crippen molar-refractivity contribution in [1.82, 2.24) is 5.32 Å². The minimum absolute atomic E-state index is 0.0482. The molecule has 110 valence electrons. The predicted octanol–water partition coefficient (Wildman–Crippen LogP) is 3.06. The van der Waals surface area contributed by atoms with Gasteiger partial charge in [-0.3, -0.25) is 10.1 Å². The van der Waals surface area contributed by atoms with Crippen LogP contribution in [-0.4, -0.2) is 24.2 Å². The molecule has 0 aromatic heterocycles. The number of rotatable bonds is 5. The van der Waals surface area contributed by atoms with E-state index in [1.54, 1.807) is 19.2 Å². The number of nitrogens with zero attached hydrogens (tertiary/aromatic N) is 1. The van der Waals surface area contributed by atoms with Gasteiger partial charge in [0, 0.05) is 36.2 Å². The van der Waals surface area contributed by atoms with Crippen molar-refractivity contribution in [3.05, 3.63) is 39.9 Å². The molecule has 0 radical (unpaired) electrons. The van der Waals surface area contributed by atoms with Crippen molar-refractivity contribution >= 4 is 5.69 Å². The molecular formula is C15H22N2O3. The van der Waals surface area contributed by atoms with Crippen molar-refractivity contribution < 1.29 is 9.66 Å². The van der Waals surface area contributed by atoms with Crippen LogP contribution in [0, 0.1) is 15.5 Å². The van der Waals surface area contributed by atoms with Crippen LogP contribution >= 0.6 is 0 Å². The molecule has 1 N–H and O–H groups in total. The summed E-state index contributed by atoms with van der Waals surface area (Å²) in [7, 11) is 1.73. The molecule has 1 saturated carbocycles. The highest BCUT2D eigenvalue weighted by atomic mass is 16.6. The average molecular weight is 278 g/mol. The molecule has 1 aliphatic rings. The van der Waals surface area contributed by atoms with Gasteiger partial charge < -0.3 is 10.1 Å². The summed E-state index contributed by atoms with van der Waals surface area (Å²) in [6.07, 6.45) is 1.19. The summed E-state index contributed by atoms with van der Waals surface area (Å²) in [6.45, 7) is 6.29. The fourth-order valence-corrected chi connectivity index (χ4v) is 2.98. The molecule has 0 bridgehead atoms. The summed E-state index contributed by atoms with van der Waals surface area (Å²) in [6, 6.07) is 7.15. The zero-order valence-electron chi connectivity index (χ0n) is 12.4. The van der Waals surface area contributed by atoms with E-state index in [0.717, 1.165) is 12.0 Å². The van der Waals surface area contributed by atoms with Crippen molar-refractivity contribution in [3.8, 4) is 0 Å². The lowest BCUT2D eigenvalue weighted by Crippen LogP contribution is -2.60. The summed E-state index contributed by atoms with van der Waals surface area (Å²) in [5, 5.41) is 14.6. The minimum atomic E-state index is -0.322. The third-order valence-corrected chi connectivity index (χ3v) is 4.51. The first kappa shape index (κ1) is 14.9. The Kier molecular flexibility index (Phi) is 4.11. The van der Waals surface area contributed by atoms with Gasteiger partial charge in [0.05, 0.1) is 11.0 Å². The minimum Gasteiger partial charge on any atom is -0.381 e. The quantitative estimate of drug-likeness (QED) is 0.664. The van der Waals surface area contributed by atoms with E-state index >= 15 is 0 Å². The Morgan fingerprint density at radius 3 is 2.65 bits per heavy atom. The fraction of sp³-hybridized carbons (Fsp3) is 0.600. The number of nitro benzene ring substituents is 1. The molecule has 0 spiro atoms. The molecular weight excluding hydrogens is 256 g/mol. The number of hydrogen-bond donors (Lipinski definition) is 1. The Balaban J connectivity index is 2.10. The van der Waals surface area contributed by atoms with Crippen LogP contribution in [0.4, 0.5) is 5.69 Å². The molecule has 1 aliphatic carbocycles. The molecule has 3 atom stereocenters. The SMILES string of the molecule is COC1CC(NC(C)c2ccccc2[N+](=O)[O-])C1(C)C. The normalized spacial score (nSPS) is 25.8. The van der Waals surface area contributed by atoms with Crippen molar-refractivity contribution in [3.63, 3.8) is 0 Å². The zero-order chi connectivity index (χ0) is 14.9. The van der Waals surface area contributed by atoms with Crippen LogP contribution in [0.1, 0.15) is 38.8 Å². The highest BCUT2D eigenvalue weighted by Gasteiger charge is 2.48. The van der Waals surface area contributed by atoms with Crippen molar-refractivity contribution in [2.75, 3.05) is 7.11 Å². The second kappa shape index (κ2) is 5.50. The first-order valence-electron chi connectivity index (χ1n) is 6.90. The number of hydrogen-bond acceptors (Lipinski definition) is 4. The van der Waals surface area contributed by atoms with E-state index in [4.69, 9.17) is 4.74 Å². The lowest BCUT2D eigenvalue weighted by atomic mass is 9.64. The first-order valence-corrected chi connectivity index (χ1v) is 6.90. The molecule has 1 aromatic rings. The smallest absolute Gasteiger partial charge is 0.274 e. The van der Waals surface area contributed by atoms with Gasteiger partial charge in [0.2, 0.25) is 0 Å². The molecule has 1 aromatic carbocycles. The summed E-state index contributed by atoms with van der Waals surface area (Å²) in [5.74, 6) is 0. The van der Waals surface area contributed by atoms with Gasteiger partial charge >= 0.3 is 0 Å². The number of ether oxygens (including phenoxy) is 1. The average Bonchev–Trinajstić information content (AvgIpc) is 2.42. The Morgan fingerprint density at radius 2 is 2.10 bits per heavy atom. The summed E-state index contributed by atoms with van der Waals surface area (Å²) >= 11 is 0. The number of nitro groups is 1. The van der Waals surface area contributed by atoms with E-state index in [2.05, 4.69) is 19.2 Å². The number of benzene rings is 1. The molecule has 1 fully saturated rings. The molecule has 20 heavy (non-hydrogen) atoms. The third-order valence-electron chi connectivity index (χ3n) is 4.51. The number of methoxy groups -OCH3 is 1. The highest BCUT2D eigenvalue weighted by Crippen LogP contribution is 2.43. The molecule has 5 nitrogen and oxygen atoms in total. The Bertz CT molecular complexity index is 502. The number of nitrogens with one attached hydrogen (secondary N) is 1. The van der Waals surface area contributed by atoms with E-state index in [-0.39, 0.29) is 28.2 Å². The lowest BCUT2D eigenvalue weighted by molar-refractivity contribution is -0.385. The van der Waals surface area contributed by atoms with Crippen LogP contribution in [0.15, 0.2) is 24.3 Å². The van der Waals surface area contributed by atoms with Crippen molar-refractivity contribution in [2.24, 2.45) is 5.41 Å². The summed E-state index contributed by atoms with van der Waals surface area (Å²) < 4.78 is 5.43. The van der Waals surface area contributed by atoms with Crippen LogP contribution in [-0.2, 0) is 4.74 Å². The van der Waals surface area contributed by atoms with Crippen LogP contribution in [0.2, 0.25) is 0 Å². The zero-order valence-corrected chi connectivity index (χ0v) is 12.4. The van der Waals surface area contributed by atoms with E-state index in [1.807, 2.05) is 19.1 Å². The van der Waals surface area contributed by atoms with Gasteiger partial charge in [0.1, 0.15) is 0 Å². The van der Waals surface area contributed by atoms with Gasteiger partial charge in [-0.25, -0.2) is 0 Å². The topological polar surface area (TPSA) is 64.4 Å².